The van der Waals surface area contributed by atoms with Gasteiger partial charge in [0.1, 0.15) is 5.78 Å². The quantitative estimate of drug-likeness (QED) is 0.441. The molecule has 0 heterocycles. The van der Waals surface area contributed by atoms with Crippen LogP contribution in [0.4, 0.5) is 0 Å². The summed E-state index contributed by atoms with van der Waals surface area (Å²) in [4.78, 5) is 11.7. The summed E-state index contributed by atoms with van der Waals surface area (Å²) in [6, 6.07) is 0. The maximum Gasteiger partial charge on any atom is 0.133 e. The van der Waals surface area contributed by atoms with Crippen molar-refractivity contribution in [1.29, 1.82) is 0 Å². The van der Waals surface area contributed by atoms with Crippen LogP contribution < -0.4 is 0 Å². The van der Waals surface area contributed by atoms with E-state index >= 15 is 0 Å². The third kappa shape index (κ3) is 10.5. The van der Waals surface area contributed by atoms with Crippen molar-refractivity contribution in [2.45, 2.75) is 72.1 Å². The highest BCUT2D eigenvalue weighted by atomic mass is 16.3. The minimum absolute atomic E-state index is 0.121. The molecule has 0 rings (SSSR count). The molecule has 0 aromatic carbocycles. The van der Waals surface area contributed by atoms with E-state index in [1.165, 1.54) is 31.3 Å². The highest BCUT2D eigenvalue weighted by Crippen LogP contribution is 2.19. The van der Waals surface area contributed by atoms with Crippen LogP contribution in [0.15, 0.2) is 11.6 Å². The number of hydrogen-bond donors (Lipinski definition) is 1. The van der Waals surface area contributed by atoms with Crippen LogP contribution in [0.5, 0.6) is 0 Å². The molecule has 0 bridgehead atoms. The lowest BCUT2D eigenvalue weighted by molar-refractivity contribution is -0.120. The molecule has 0 spiro atoms. The molecule has 2 nitrogen and oxygen atoms in total. The minimum atomic E-state index is 0.121. The lowest BCUT2D eigenvalue weighted by atomic mass is 9.92. The van der Waals surface area contributed by atoms with E-state index in [-0.39, 0.29) is 6.61 Å². The number of allylic oxidation sites excluding steroid dienone is 2. The number of rotatable bonds is 11. The molecule has 0 amide bonds. The molecule has 0 aromatic heterocycles. The largest absolute Gasteiger partial charge is 0.396 e. The van der Waals surface area contributed by atoms with Gasteiger partial charge in [-0.05, 0) is 32.6 Å². The summed E-state index contributed by atoms with van der Waals surface area (Å²) in [7, 11) is 0. The van der Waals surface area contributed by atoms with Gasteiger partial charge in [0.05, 0.1) is 0 Å². The Morgan fingerprint density at radius 1 is 1.17 bits per heavy atom. The maximum atomic E-state index is 11.7. The van der Waals surface area contributed by atoms with Crippen molar-refractivity contribution in [2.75, 3.05) is 6.61 Å². The summed E-state index contributed by atoms with van der Waals surface area (Å²) in [5.74, 6) is 0.695. The Morgan fingerprint density at radius 3 is 2.44 bits per heavy atom. The molecule has 0 saturated carbocycles. The predicted molar refractivity (Wildman–Crippen MR) is 77.6 cm³/mol. The van der Waals surface area contributed by atoms with E-state index in [0.29, 0.717) is 31.0 Å². The summed E-state index contributed by atoms with van der Waals surface area (Å²) < 4.78 is 0. The Labute approximate surface area is 112 Å². The first-order chi connectivity index (χ1) is 8.60. The number of hydrogen-bond acceptors (Lipinski definition) is 2. The van der Waals surface area contributed by atoms with Crippen molar-refractivity contribution in [3.63, 3.8) is 0 Å². The van der Waals surface area contributed by atoms with Crippen molar-refractivity contribution in [3.05, 3.63) is 11.6 Å². The SMILES string of the molecule is CCCCCCC(C=C(C)C)CC(=O)CCCO. The second-order valence-electron chi connectivity index (χ2n) is 5.42. The number of aliphatic hydroxyl groups excluding tert-OH is 1. The number of aliphatic hydroxyl groups is 1. The van der Waals surface area contributed by atoms with Gasteiger partial charge in [0.2, 0.25) is 0 Å². The number of ketones is 1. The van der Waals surface area contributed by atoms with Crippen molar-refractivity contribution in [3.8, 4) is 0 Å². The normalized spacial score (nSPS) is 12.2. The van der Waals surface area contributed by atoms with Gasteiger partial charge >= 0.3 is 0 Å². The van der Waals surface area contributed by atoms with Crippen LogP contribution in [0.25, 0.3) is 0 Å². The molecule has 0 aromatic rings. The van der Waals surface area contributed by atoms with Crippen molar-refractivity contribution in [2.24, 2.45) is 5.92 Å². The van der Waals surface area contributed by atoms with Gasteiger partial charge in [-0.2, -0.15) is 0 Å². The predicted octanol–water partition coefficient (Wildman–Crippen LogP) is 4.27. The van der Waals surface area contributed by atoms with E-state index in [2.05, 4.69) is 26.8 Å². The maximum absolute atomic E-state index is 11.7. The monoisotopic (exact) mass is 254 g/mol. The van der Waals surface area contributed by atoms with E-state index < -0.39 is 0 Å². The van der Waals surface area contributed by atoms with Gasteiger partial charge in [0.25, 0.3) is 0 Å². The number of Topliss-reactive ketones (excluding diaryl/α,β-unsaturated/α-hetero) is 1. The van der Waals surface area contributed by atoms with Crippen LogP contribution in [0.2, 0.25) is 0 Å². The third-order valence-electron chi connectivity index (χ3n) is 3.10. The standard InChI is InChI=1S/C16H30O2/c1-4-5-6-7-9-15(12-14(2)3)13-16(18)10-8-11-17/h12,15,17H,4-11,13H2,1-3H3. The molecule has 1 N–H and O–H groups in total. The van der Waals surface area contributed by atoms with Crippen molar-refractivity contribution < 1.29 is 9.90 Å². The van der Waals surface area contributed by atoms with Crippen LogP contribution in [0.1, 0.15) is 72.1 Å². The first kappa shape index (κ1) is 17.4. The van der Waals surface area contributed by atoms with Gasteiger partial charge in [0, 0.05) is 19.4 Å². The van der Waals surface area contributed by atoms with Gasteiger partial charge in [-0.1, -0.05) is 44.3 Å². The average molecular weight is 254 g/mol. The highest BCUT2D eigenvalue weighted by molar-refractivity contribution is 5.78. The van der Waals surface area contributed by atoms with Crippen molar-refractivity contribution in [1.82, 2.24) is 0 Å². The fraction of sp³-hybridized carbons (Fsp3) is 0.812. The van der Waals surface area contributed by atoms with E-state index in [9.17, 15) is 4.79 Å². The summed E-state index contributed by atoms with van der Waals surface area (Å²) in [5, 5.41) is 8.73. The van der Waals surface area contributed by atoms with E-state index in [4.69, 9.17) is 5.11 Å². The average Bonchev–Trinajstić information content (AvgIpc) is 2.31. The second kappa shape index (κ2) is 11.5. The molecule has 2 heteroatoms. The zero-order valence-electron chi connectivity index (χ0n) is 12.4. The summed E-state index contributed by atoms with van der Waals surface area (Å²) in [5.41, 5.74) is 1.30. The number of unbranched alkanes of at least 4 members (excludes halogenated alkanes) is 3. The van der Waals surface area contributed by atoms with Gasteiger partial charge in [-0.25, -0.2) is 0 Å². The molecule has 106 valence electrons. The number of carbonyl (C=O) groups excluding carboxylic acids is 1. The zero-order valence-corrected chi connectivity index (χ0v) is 12.4. The first-order valence-corrected chi connectivity index (χ1v) is 7.37. The number of carbonyl (C=O) groups is 1. The fourth-order valence-corrected chi connectivity index (χ4v) is 2.22. The Balaban J connectivity index is 4.06. The summed E-state index contributed by atoms with van der Waals surface area (Å²) in [6.07, 6.45) is 10.2. The van der Waals surface area contributed by atoms with Gasteiger partial charge in [0.15, 0.2) is 0 Å². The van der Waals surface area contributed by atoms with E-state index in [1.54, 1.807) is 0 Å². The Bertz CT molecular complexity index is 239. The fourth-order valence-electron chi connectivity index (χ4n) is 2.22. The summed E-state index contributed by atoms with van der Waals surface area (Å²) >= 11 is 0. The smallest absolute Gasteiger partial charge is 0.133 e. The molecule has 18 heavy (non-hydrogen) atoms. The Kier molecular flexibility index (Phi) is 11.1. The molecule has 0 fully saturated rings. The highest BCUT2D eigenvalue weighted by Gasteiger charge is 2.11. The van der Waals surface area contributed by atoms with Crippen LogP contribution in [-0.4, -0.2) is 17.5 Å². The van der Waals surface area contributed by atoms with Crippen LogP contribution in [-0.2, 0) is 4.79 Å². The Hall–Kier alpha value is -0.630. The minimum Gasteiger partial charge on any atom is -0.396 e. The third-order valence-corrected chi connectivity index (χ3v) is 3.10. The Morgan fingerprint density at radius 2 is 1.89 bits per heavy atom. The zero-order chi connectivity index (χ0) is 13.8. The second-order valence-corrected chi connectivity index (χ2v) is 5.42. The van der Waals surface area contributed by atoms with Gasteiger partial charge in [-0.3, -0.25) is 4.79 Å². The lowest BCUT2D eigenvalue weighted by Gasteiger charge is -2.12. The molecule has 0 aliphatic carbocycles. The van der Waals surface area contributed by atoms with Gasteiger partial charge < -0.3 is 5.11 Å². The molecule has 0 saturated heterocycles. The van der Waals surface area contributed by atoms with Crippen LogP contribution in [0, 0.1) is 5.92 Å². The van der Waals surface area contributed by atoms with Crippen molar-refractivity contribution >= 4 is 5.78 Å². The van der Waals surface area contributed by atoms with Crippen LogP contribution in [0.3, 0.4) is 0 Å². The van der Waals surface area contributed by atoms with E-state index in [1.807, 2.05) is 0 Å². The molecule has 0 aliphatic heterocycles. The molecule has 0 aliphatic rings. The van der Waals surface area contributed by atoms with Crippen LogP contribution >= 0.6 is 0 Å². The molecular weight excluding hydrogens is 224 g/mol. The first-order valence-electron chi connectivity index (χ1n) is 7.37. The molecule has 0 radical (unpaired) electrons. The molecular formula is C16H30O2. The molecule has 1 unspecified atom stereocenters. The summed E-state index contributed by atoms with van der Waals surface area (Å²) in [6.45, 7) is 6.52. The van der Waals surface area contributed by atoms with Gasteiger partial charge in [-0.15, -0.1) is 0 Å². The lowest BCUT2D eigenvalue weighted by Crippen LogP contribution is -2.08. The topological polar surface area (TPSA) is 37.3 Å². The molecule has 1 atom stereocenters. The van der Waals surface area contributed by atoms with E-state index in [0.717, 1.165) is 6.42 Å².